The Kier molecular flexibility index (Phi) is 5.59. The summed E-state index contributed by atoms with van der Waals surface area (Å²) in [5.41, 5.74) is 1.53. The van der Waals surface area contributed by atoms with E-state index in [9.17, 15) is 4.39 Å². The SMILES string of the molecule is CC(C)CCOCCn1c(C(C)Cl)nc2cc(F)ccc21. The summed E-state index contributed by atoms with van der Waals surface area (Å²) in [6.07, 6.45) is 1.05. The number of benzene rings is 1. The van der Waals surface area contributed by atoms with Crippen molar-refractivity contribution in [1.29, 1.82) is 0 Å². The Hall–Kier alpha value is -1.13. The van der Waals surface area contributed by atoms with E-state index in [1.807, 2.05) is 11.5 Å². The molecule has 0 saturated heterocycles. The van der Waals surface area contributed by atoms with Crippen molar-refractivity contribution in [3.8, 4) is 0 Å². The summed E-state index contributed by atoms with van der Waals surface area (Å²) in [5.74, 6) is 1.11. The van der Waals surface area contributed by atoms with E-state index in [4.69, 9.17) is 16.3 Å². The Morgan fingerprint density at radius 1 is 1.29 bits per heavy atom. The van der Waals surface area contributed by atoms with Gasteiger partial charge in [0.1, 0.15) is 11.6 Å². The van der Waals surface area contributed by atoms with Crippen molar-refractivity contribution in [3.63, 3.8) is 0 Å². The fraction of sp³-hybridized carbons (Fsp3) is 0.562. The number of hydrogen-bond donors (Lipinski definition) is 0. The first-order chi connectivity index (χ1) is 9.99. The average molecular weight is 313 g/mol. The molecule has 2 aromatic rings. The van der Waals surface area contributed by atoms with Crippen molar-refractivity contribution in [1.82, 2.24) is 9.55 Å². The molecule has 5 heteroatoms. The van der Waals surface area contributed by atoms with E-state index in [0.29, 0.717) is 24.6 Å². The van der Waals surface area contributed by atoms with Crippen molar-refractivity contribution < 1.29 is 9.13 Å². The van der Waals surface area contributed by atoms with Crippen LogP contribution in [0, 0.1) is 11.7 Å². The third-order valence-electron chi connectivity index (χ3n) is 3.39. The second-order valence-electron chi connectivity index (χ2n) is 5.67. The molecule has 0 radical (unpaired) electrons. The summed E-state index contributed by atoms with van der Waals surface area (Å²) in [6, 6.07) is 4.63. The number of halogens is 2. The molecule has 1 unspecified atom stereocenters. The van der Waals surface area contributed by atoms with Gasteiger partial charge in [0.15, 0.2) is 0 Å². The van der Waals surface area contributed by atoms with Crippen LogP contribution in [0.1, 0.15) is 38.4 Å². The highest BCUT2D eigenvalue weighted by atomic mass is 35.5. The van der Waals surface area contributed by atoms with Gasteiger partial charge in [0, 0.05) is 19.2 Å². The number of imidazole rings is 1. The fourth-order valence-corrected chi connectivity index (χ4v) is 2.40. The van der Waals surface area contributed by atoms with E-state index in [2.05, 4.69) is 18.8 Å². The van der Waals surface area contributed by atoms with Gasteiger partial charge in [-0.15, -0.1) is 11.6 Å². The lowest BCUT2D eigenvalue weighted by atomic mass is 10.1. The van der Waals surface area contributed by atoms with Crippen LogP contribution >= 0.6 is 11.6 Å². The Morgan fingerprint density at radius 2 is 2.05 bits per heavy atom. The number of alkyl halides is 1. The van der Waals surface area contributed by atoms with Gasteiger partial charge in [0.05, 0.1) is 23.0 Å². The first-order valence-electron chi connectivity index (χ1n) is 7.36. The molecule has 0 spiro atoms. The van der Waals surface area contributed by atoms with Crippen molar-refractivity contribution in [2.45, 2.75) is 39.1 Å². The van der Waals surface area contributed by atoms with Crippen LogP contribution in [0.15, 0.2) is 18.2 Å². The molecule has 1 aromatic carbocycles. The quantitative estimate of drug-likeness (QED) is 0.554. The van der Waals surface area contributed by atoms with Crippen LogP contribution in [0.4, 0.5) is 4.39 Å². The summed E-state index contributed by atoms with van der Waals surface area (Å²) in [7, 11) is 0. The van der Waals surface area contributed by atoms with Gasteiger partial charge in [0.25, 0.3) is 0 Å². The minimum Gasteiger partial charge on any atom is -0.380 e. The van der Waals surface area contributed by atoms with Gasteiger partial charge >= 0.3 is 0 Å². The van der Waals surface area contributed by atoms with E-state index in [1.54, 1.807) is 6.07 Å². The molecule has 116 valence electrons. The molecule has 0 aliphatic carbocycles. The maximum absolute atomic E-state index is 13.3. The molecule has 3 nitrogen and oxygen atoms in total. The lowest BCUT2D eigenvalue weighted by molar-refractivity contribution is 0.116. The summed E-state index contributed by atoms with van der Waals surface area (Å²) in [6.45, 7) is 8.25. The molecule has 2 rings (SSSR count). The Bertz CT molecular complexity index is 595. The zero-order valence-electron chi connectivity index (χ0n) is 12.8. The van der Waals surface area contributed by atoms with Crippen LogP contribution in [0.5, 0.6) is 0 Å². The predicted octanol–water partition coefficient (Wildman–Crippen LogP) is 4.54. The second kappa shape index (κ2) is 7.23. The van der Waals surface area contributed by atoms with Gasteiger partial charge in [-0.2, -0.15) is 0 Å². The van der Waals surface area contributed by atoms with E-state index in [1.165, 1.54) is 12.1 Å². The average Bonchev–Trinajstić information content (AvgIpc) is 2.76. The number of ether oxygens (including phenoxy) is 1. The highest BCUT2D eigenvalue weighted by Gasteiger charge is 2.15. The topological polar surface area (TPSA) is 27.1 Å². The first-order valence-corrected chi connectivity index (χ1v) is 7.80. The van der Waals surface area contributed by atoms with Gasteiger partial charge in [-0.3, -0.25) is 0 Å². The molecule has 0 bridgehead atoms. The number of rotatable bonds is 7. The van der Waals surface area contributed by atoms with Crippen LogP contribution in [0.25, 0.3) is 11.0 Å². The third kappa shape index (κ3) is 4.17. The zero-order valence-corrected chi connectivity index (χ0v) is 13.5. The van der Waals surface area contributed by atoms with Crippen LogP contribution in [-0.2, 0) is 11.3 Å². The highest BCUT2D eigenvalue weighted by Crippen LogP contribution is 2.25. The van der Waals surface area contributed by atoms with Gasteiger partial charge in [-0.05, 0) is 31.4 Å². The van der Waals surface area contributed by atoms with Crippen molar-refractivity contribution in [3.05, 3.63) is 29.8 Å². The molecule has 0 fully saturated rings. The van der Waals surface area contributed by atoms with Crippen LogP contribution < -0.4 is 0 Å². The molecular weight excluding hydrogens is 291 g/mol. The van der Waals surface area contributed by atoms with E-state index in [-0.39, 0.29) is 11.2 Å². The summed E-state index contributed by atoms with van der Waals surface area (Å²) in [4.78, 5) is 4.44. The second-order valence-corrected chi connectivity index (χ2v) is 6.32. The molecule has 1 aromatic heterocycles. The van der Waals surface area contributed by atoms with Crippen molar-refractivity contribution >= 4 is 22.6 Å². The van der Waals surface area contributed by atoms with Crippen molar-refractivity contribution in [2.75, 3.05) is 13.2 Å². The third-order valence-corrected chi connectivity index (χ3v) is 3.59. The molecule has 21 heavy (non-hydrogen) atoms. The van der Waals surface area contributed by atoms with Crippen LogP contribution in [0.3, 0.4) is 0 Å². The first kappa shape index (κ1) is 16.2. The molecule has 0 N–H and O–H groups in total. The predicted molar refractivity (Wildman–Crippen MR) is 84.2 cm³/mol. The number of hydrogen-bond acceptors (Lipinski definition) is 2. The molecule has 1 heterocycles. The lowest BCUT2D eigenvalue weighted by Gasteiger charge is -2.11. The minimum absolute atomic E-state index is 0.226. The summed E-state index contributed by atoms with van der Waals surface area (Å²) < 4.78 is 21.0. The fourth-order valence-electron chi connectivity index (χ4n) is 2.24. The van der Waals surface area contributed by atoms with Gasteiger partial charge in [-0.1, -0.05) is 13.8 Å². The standard InChI is InChI=1S/C16H22ClFN2O/c1-11(2)6-8-21-9-7-20-15-5-4-13(18)10-14(15)19-16(20)12(3)17/h4-5,10-12H,6-9H2,1-3H3. The number of aromatic nitrogens is 2. The normalized spacial score (nSPS) is 13.2. The summed E-state index contributed by atoms with van der Waals surface area (Å²) >= 11 is 6.18. The smallest absolute Gasteiger partial charge is 0.127 e. The van der Waals surface area contributed by atoms with Crippen LogP contribution in [-0.4, -0.2) is 22.8 Å². The molecule has 1 atom stereocenters. The molecule has 0 aliphatic rings. The Labute approximate surface area is 130 Å². The lowest BCUT2D eigenvalue weighted by Crippen LogP contribution is -2.11. The number of nitrogens with zero attached hydrogens (tertiary/aromatic N) is 2. The molecule has 0 saturated carbocycles. The Morgan fingerprint density at radius 3 is 2.71 bits per heavy atom. The maximum atomic E-state index is 13.3. The number of fused-ring (bicyclic) bond motifs is 1. The minimum atomic E-state index is -0.283. The van der Waals surface area contributed by atoms with Crippen LogP contribution in [0.2, 0.25) is 0 Å². The van der Waals surface area contributed by atoms with E-state index in [0.717, 1.165) is 24.4 Å². The zero-order chi connectivity index (χ0) is 15.4. The van der Waals surface area contributed by atoms with E-state index < -0.39 is 0 Å². The summed E-state index contributed by atoms with van der Waals surface area (Å²) in [5, 5.41) is -0.226. The Balaban J connectivity index is 2.11. The van der Waals surface area contributed by atoms with Gasteiger partial charge < -0.3 is 9.30 Å². The van der Waals surface area contributed by atoms with E-state index >= 15 is 0 Å². The van der Waals surface area contributed by atoms with Gasteiger partial charge in [-0.25, -0.2) is 9.37 Å². The van der Waals surface area contributed by atoms with Gasteiger partial charge in [0.2, 0.25) is 0 Å². The maximum Gasteiger partial charge on any atom is 0.127 e. The van der Waals surface area contributed by atoms with Crippen molar-refractivity contribution in [2.24, 2.45) is 5.92 Å². The molecular formula is C16H22ClFN2O. The molecule has 0 amide bonds. The largest absolute Gasteiger partial charge is 0.380 e. The monoisotopic (exact) mass is 312 g/mol. The molecule has 0 aliphatic heterocycles. The highest BCUT2D eigenvalue weighted by molar-refractivity contribution is 6.20.